The van der Waals surface area contributed by atoms with Crippen LogP contribution in [0.1, 0.15) is 19.8 Å². The Morgan fingerprint density at radius 3 is 2.19 bits per heavy atom. The van der Waals surface area contributed by atoms with Gasteiger partial charge in [-0.2, -0.15) is 0 Å². The molecule has 5 nitrogen and oxygen atoms in total. The first-order valence-electron chi connectivity index (χ1n) is 6.67. The minimum atomic E-state index is -3.55. The summed E-state index contributed by atoms with van der Waals surface area (Å²) >= 11 is 0. The van der Waals surface area contributed by atoms with Crippen molar-refractivity contribution in [2.45, 2.75) is 19.8 Å². The normalized spacial score (nSPS) is 12.8. The second-order valence-corrected chi connectivity index (χ2v) is 7.48. The van der Waals surface area contributed by atoms with Crippen molar-refractivity contribution in [2.24, 2.45) is 5.92 Å². The van der Waals surface area contributed by atoms with E-state index in [1.165, 1.54) is 14.2 Å². The molecule has 1 aromatic carbocycles. The third-order valence-electron chi connectivity index (χ3n) is 2.98. The summed E-state index contributed by atoms with van der Waals surface area (Å²) < 4.78 is 38.7. The number of ether oxygens (including phenoxy) is 3. The molecule has 0 saturated heterocycles. The standard InChI is InChI=1S/C14H21ClO5S/c1-4-6-11(10-21(15,16)17)9-20-14-12(18-2)7-5-8-13(14)19-3/h5,7-8,11H,4,6,9-10H2,1-3H3. The lowest BCUT2D eigenvalue weighted by atomic mass is 10.1. The van der Waals surface area contributed by atoms with E-state index in [2.05, 4.69) is 0 Å². The Bertz CT molecular complexity index is 522. The highest BCUT2D eigenvalue weighted by Gasteiger charge is 2.19. The molecular formula is C14H21ClO5S. The number of benzene rings is 1. The Labute approximate surface area is 130 Å². The van der Waals surface area contributed by atoms with Crippen LogP contribution in [0.2, 0.25) is 0 Å². The van der Waals surface area contributed by atoms with E-state index in [9.17, 15) is 8.42 Å². The molecule has 0 aliphatic heterocycles. The van der Waals surface area contributed by atoms with Crippen LogP contribution in [0.4, 0.5) is 0 Å². The molecule has 0 aliphatic carbocycles. The summed E-state index contributed by atoms with van der Waals surface area (Å²) in [5.41, 5.74) is 0. The minimum Gasteiger partial charge on any atom is -0.493 e. The van der Waals surface area contributed by atoms with E-state index in [-0.39, 0.29) is 18.3 Å². The molecule has 0 saturated carbocycles. The molecule has 0 aliphatic rings. The molecule has 0 bridgehead atoms. The van der Waals surface area contributed by atoms with E-state index < -0.39 is 9.05 Å². The number of methoxy groups -OCH3 is 2. The summed E-state index contributed by atoms with van der Waals surface area (Å²) in [5.74, 6) is 1.26. The van der Waals surface area contributed by atoms with E-state index in [0.717, 1.165) is 6.42 Å². The quantitative estimate of drug-likeness (QED) is 0.648. The number of hydrogen-bond donors (Lipinski definition) is 0. The Morgan fingerprint density at radius 1 is 1.19 bits per heavy atom. The first kappa shape index (κ1) is 17.9. The maximum Gasteiger partial charge on any atom is 0.232 e. The summed E-state index contributed by atoms with van der Waals surface area (Å²) in [5, 5.41) is 0. The van der Waals surface area contributed by atoms with Crippen LogP contribution in [0, 0.1) is 5.92 Å². The van der Waals surface area contributed by atoms with Crippen molar-refractivity contribution in [1.82, 2.24) is 0 Å². The first-order chi connectivity index (χ1) is 9.91. The summed E-state index contributed by atoms with van der Waals surface area (Å²) in [6.45, 7) is 2.22. The van der Waals surface area contributed by atoms with Gasteiger partial charge in [-0.05, 0) is 18.6 Å². The van der Waals surface area contributed by atoms with Crippen LogP contribution in [0.25, 0.3) is 0 Å². The largest absolute Gasteiger partial charge is 0.493 e. The fourth-order valence-electron chi connectivity index (χ4n) is 2.07. The average Bonchev–Trinajstić information content (AvgIpc) is 2.43. The van der Waals surface area contributed by atoms with Crippen LogP contribution in [0.3, 0.4) is 0 Å². The lowest BCUT2D eigenvalue weighted by molar-refractivity contribution is 0.230. The van der Waals surface area contributed by atoms with Crippen LogP contribution in [0.15, 0.2) is 18.2 Å². The number of hydrogen-bond acceptors (Lipinski definition) is 5. The maximum atomic E-state index is 11.2. The van der Waals surface area contributed by atoms with E-state index in [1.54, 1.807) is 18.2 Å². The van der Waals surface area contributed by atoms with Crippen molar-refractivity contribution in [3.05, 3.63) is 18.2 Å². The predicted octanol–water partition coefficient (Wildman–Crippen LogP) is 3.07. The molecule has 1 aromatic rings. The van der Waals surface area contributed by atoms with Crippen LogP contribution in [-0.2, 0) is 9.05 Å². The van der Waals surface area contributed by atoms with Gasteiger partial charge in [-0.1, -0.05) is 19.4 Å². The van der Waals surface area contributed by atoms with Gasteiger partial charge in [-0.15, -0.1) is 0 Å². The van der Waals surface area contributed by atoms with Crippen molar-refractivity contribution in [1.29, 1.82) is 0 Å². The number of para-hydroxylation sites is 1. The fraction of sp³-hybridized carbons (Fsp3) is 0.571. The molecule has 120 valence electrons. The van der Waals surface area contributed by atoms with Gasteiger partial charge in [0.05, 0.1) is 26.6 Å². The van der Waals surface area contributed by atoms with Crippen LogP contribution in [0.5, 0.6) is 17.2 Å². The third kappa shape index (κ3) is 6.01. The molecule has 0 heterocycles. The number of rotatable bonds is 9. The molecule has 0 radical (unpaired) electrons. The third-order valence-corrected chi connectivity index (χ3v) is 4.23. The average molecular weight is 337 g/mol. The van der Waals surface area contributed by atoms with Gasteiger partial charge in [0.25, 0.3) is 0 Å². The first-order valence-corrected chi connectivity index (χ1v) is 9.15. The van der Waals surface area contributed by atoms with Gasteiger partial charge in [0.15, 0.2) is 11.5 Å². The van der Waals surface area contributed by atoms with E-state index >= 15 is 0 Å². The highest BCUT2D eigenvalue weighted by atomic mass is 35.7. The van der Waals surface area contributed by atoms with E-state index in [1.807, 2.05) is 6.92 Å². The highest BCUT2D eigenvalue weighted by Crippen LogP contribution is 2.37. The molecular weight excluding hydrogens is 316 g/mol. The molecule has 0 aromatic heterocycles. The maximum absolute atomic E-state index is 11.2. The lowest BCUT2D eigenvalue weighted by Crippen LogP contribution is -2.20. The van der Waals surface area contributed by atoms with Gasteiger partial charge in [-0.3, -0.25) is 0 Å². The Balaban J connectivity index is 2.84. The highest BCUT2D eigenvalue weighted by molar-refractivity contribution is 8.13. The van der Waals surface area contributed by atoms with E-state index in [4.69, 9.17) is 24.9 Å². The van der Waals surface area contributed by atoms with E-state index in [0.29, 0.717) is 23.7 Å². The molecule has 7 heteroatoms. The molecule has 0 N–H and O–H groups in total. The van der Waals surface area contributed by atoms with Crippen LogP contribution < -0.4 is 14.2 Å². The van der Waals surface area contributed by atoms with Crippen LogP contribution in [-0.4, -0.2) is 35.0 Å². The SMILES string of the molecule is CCCC(COc1c(OC)cccc1OC)CS(=O)(=O)Cl. The zero-order valence-corrected chi connectivity index (χ0v) is 14.0. The Kier molecular flexibility index (Phi) is 7.11. The molecule has 21 heavy (non-hydrogen) atoms. The summed E-state index contributed by atoms with van der Waals surface area (Å²) in [4.78, 5) is 0. The molecule has 1 unspecified atom stereocenters. The zero-order valence-electron chi connectivity index (χ0n) is 12.5. The topological polar surface area (TPSA) is 61.8 Å². The van der Waals surface area contributed by atoms with Gasteiger partial charge in [0.2, 0.25) is 14.8 Å². The summed E-state index contributed by atoms with van der Waals surface area (Å²) in [6, 6.07) is 5.30. The Hall–Kier alpha value is -1.14. The summed E-state index contributed by atoms with van der Waals surface area (Å²) in [7, 11) is 4.85. The monoisotopic (exact) mass is 336 g/mol. The van der Waals surface area contributed by atoms with Crippen molar-refractivity contribution in [2.75, 3.05) is 26.6 Å². The smallest absolute Gasteiger partial charge is 0.232 e. The second kappa shape index (κ2) is 8.34. The molecule has 0 amide bonds. The molecule has 0 spiro atoms. The Morgan fingerprint density at radius 2 is 1.76 bits per heavy atom. The van der Waals surface area contributed by atoms with Crippen molar-refractivity contribution in [3.63, 3.8) is 0 Å². The predicted molar refractivity (Wildman–Crippen MR) is 83.1 cm³/mol. The van der Waals surface area contributed by atoms with Crippen LogP contribution >= 0.6 is 10.7 Å². The van der Waals surface area contributed by atoms with Gasteiger partial charge >= 0.3 is 0 Å². The molecule has 0 fully saturated rings. The van der Waals surface area contributed by atoms with Gasteiger partial charge < -0.3 is 14.2 Å². The number of halogens is 1. The van der Waals surface area contributed by atoms with Gasteiger partial charge in [0, 0.05) is 16.6 Å². The van der Waals surface area contributed by atoms with Crippen molar-refractivity contribution >= 4 is 19.7 Å². The molecule has 1 rings (SSSR count). The van der Waals surface area contributed by atoms with Gasteiger partial charge in [-0.25, -0.2) is 8.42 Å². The second-order valence-electron chi connectivity index (χ2n) is 4.66. The summed E-state index contributed by atoms with van der Waals surface area (Å²) in [6.07, 6.45) is 1.56. The van der Waals surface area contributed by atoms with Crippen molar-refractivity contribution < 1.29 is 22.6 Å². The van der Waals surface area contributed by atoms with Crippen molar-refractivity contribution in [3.8, 4) is 17.2 Å². The minimum absolute atomic E-state index is 0.111. The van der Waals surface area contributed by atoms with Gasteiger partial charge in [0.1, 0.15) is 0 Å². The zero-order chi connectivity index (χ0) is 15.9. The molecule has 1 atom stereocenters. The lowest BCUT2D eigenvalue weighted by Gasteiger charge is -2.18. The fourth-order valence-corrected chi connectivity index (χ4v) is 3.43.